The van der Waals surface area contributed by atoms with Crippen LogP contribution in [0.4, 0.5) is 0 Å². The topological polar surface area (TPSA) is 35.2 Å². The summed E-state index contributed by atoms with van der Waals surface area (Å²) in [6, 6.07) is 4.37. The first-order valence-corrected chi connectivity index (χ1v) is 6.66. The van der Waals surface area contributed by atoms with Crippen molar-refractivity contribution < 1.29 is 4.74 Å². The highest BCUT2D eigenvalue weighted by Crippen LogP contribution is 2.44. The second kappa shape index (κ2) is 3.47. The third kappa shape index (κ3) is 1.49. The smallest absolute Gasteiger partial charge is 0.137 e. The van der Waals surface area contributed by atoms with Crippen molar-refractivity contribution in [1.82, 2.24) is 0 Å². The van der Waals surface area contributed by atoms with E-state index in [4.69, 9.17) is 10.5 Å². The molecule has 2 nitrogen and oxygen atoms in total. The van der Waals surface area contributed by atoms with E-state index >= 15 is 0 Å². The van der Waals surface area contributed by atoms with Crippen molar-refractivity contribution in [2.24, 2.45) is 5.73 Å². The Bertz CT molecular complexity index is 440. The summed E-state index contributed by atoms with van der Waals surface area (Å²) in [6.45, 7) is 2.10. The first-order chi connectivity index (χ1) is 7.58. The van der Waals surface area contributed by atoms with Gasteiger partial charge in [-0.25, -0.2) is 0 Å². The zero-order valence-electron chi connectivity index (χ0n) is 9.42. The molecular formula is C13H16BrNO. The van der Waals surface area contributed by atoms with Gasteiger partial charge in [0.2, 0.25) is 0 Å². The maximum Gasteiger partial charge on any atom is 0.137 e. The van der Waals surface area contributed by atoms with Gasteiger partial charge in [-0.2, -0.15) is 0 Å². The van der Waals surface area contributed by atoms with Crippen LogP contribution in [-0.2, 0) is 12.0 Å². The van der Waals surface area contributed by atoms with E-state index < -0.39 is 0 Å². The molecule has 86 valence electrons. The first-order valence-electron chi connectivity index (χ1n) is 5.87. The number of hydrogen-bond donors (Lipinski definition) is 1. The molecule has 0 spiro atoms. The summed E-state index contributed by atoms with van der Waals surface area (Å²) in [4.78, 5) is 0. The highest BCUT2D eigenvalue weighted by atomic mass is 79.9. The minimum absolute atomic E-state index is 0.0800. The number of hydrogen-bond acceptors (Lipinski definition) is 2. The molecule has 1 unspecified atom stereocenters. The number of benzene rings is 1. The third-order valence-electron chi connectivity index (χ3n) is 3.77. The van der Waals surface area contributed by atoms with Gasteiger partial charge < -0.3 is 10.5 Å². The number of rotatable bonds is 1. The van der Waals surface area contributed by atoms with Crippen LogP contribution in [0.3, 0.4) is 0 Å². The summed E-state index contributed by atoms with van der Waals surface area (Å²) >= 11 is 3.59. The molecule has 1 atom stereocenters. The van der Waals surface area contributed by atoms with Crippen LogP contribution in [-0.4, -0.2) is 6.10 Å². The Labute approximate surface area is 104 Å². The van der Waals surface area contributed by atoms with Crippen LogP contribution in [0.2, 0.25) is 0 Å². The lowest BCUT2D eigenvalue weighted by atomic mass is 9.72. The minimum Gasteiger partial charge on any atom is -0.489 e. The lowest BCUT2D eigenvalue weighted by Gasteiger charge is -2.39. The Hall–Kier alpha value is -0.540. The molecule has 3 heteroatoms. The fourth-order valence-corrected chi connectivity index (χ4v) is 3.22. The average Bonchev–Trinajstić information content (AvgIpc) is 2.55. The van der Waals surface area contributed by atoms with E-state index in [1.807, 2.05) is 0 Å². The van der Waals surface area contributed by atoms with Crippen LogP contribution in [0.25, 0.3) is 0 Å². The van der Waals surface area contributed by atoms with Crippen molar-refractivity contribution in [2.75, 3.05) is 0 Å². The largest absolute Gasteiger partial charge is 0.489 e. The van der Waals surface area contributed by atoms with E-state index in [1.54, 1.807) is 0 Å². The number of fused-ring (bicyclic) bond motifs is 1. The molecule has 1 aromatic rings. The molecule has 0 bridgehead atoms. The van der Waals surface area contributed by atoms with Gasteiger partial charge in [0, 0.05) is 12.0 Å². The van der Waals surface area contributed by atoms with Gasteiger partial charge in [-0.15, -0.1) is 0 Å². The molecule has 1 saturated carbocycles. The van der Waals surface area contributed by atoms with Crippen LogP contribution >= 0.6 is 15.9 Å². The fraction of sp³-hybridized carbons (Fsp3) is 0.538. The van der Waals surface area contributed by atoms with Crippen LogP contribution in [0.1, 0.15) is 37.3 Å². The van der Waals surface area contributed by atoms with Gasteiger partial charge >= 0.3 is 0 Å². The van der Waals surface area contributed by atoms with Crippen molar-refractivity contribution >= 4 is 15.9 Å². The molecule has 0 amide bonds. The summed E-state index contributed by atoms with van der Waals surface area (Å²) in [7, 11) is 0. The zero-order valence-corrected chi connectivity index (χ0v) is 11.0. The van der Waals surface area contributed by atoms with Crippen molar-refractivity contribution in [3.05, 3.63) is 27.7 Å². The molecule has 1 fully saturated rings. The van der Waals surface area contributed by atoms with E-state index in [1.165, 1.54) is 17.5 Å². The summed E-state index contributed by atoms with van der Waals surface area (Å²) < 4.78 is 6.83. The predicted octanol–water partition coefficient (Wildman–Crippen LogP) is 3.11. The summed E-state index contributed by atoms with van der Waals surface area (Å²) in [6.07, 6.45) is 4.75. The van der Waals surface area contributed by atoms with Crippen LogP contribution in [0.15, 0.2) is 16.6 Å². The van der Waals surface area contributed by atoms with E-state index in [0.29, 0.717) is 0 Å². The maximum absolute atomic E-state index is 6.36. The van der Waals surface area contributed by atoms with Gasteiger partial charge in [-0.05, 0) is 59.3 Å². The highest BCUT2D eigenvalue weighted by molar-refractivity contribution is 9.10. The predicted molar refractivity (Wildman–Crippen MR) is 67.7 cm³/mol. The Balaban J connectivity index is 2.04. The molecule has 1 aliphatic heterocycles. The molecule has 1 aliphatic carbocycles. The second-order valence-electron chi connectivity index (χ2n) is 5.09. The lowest BCUT2D eigenvalue weighted by molar-refractivity contribution is 0.251. The Morgan fingerprint density at radius 1 is 1.44 bits per heavy atom. The first kappa shape index (κ1) is 10.6. The minimum atomic E-state index is -0.0800. The molecule has 2 aliphatic rings. The van der Waals surface area contributed by atoms with Crippen LogP contribution < -0.4 is 10.5 Å². The Morgan fingerprint density at radius 3 is 2.81 bits per heavy atom. The second-order valence-corrected chi connectivity index (χ2v) is 5.94. The summed E-state index contributed by atoms with van der Waals surface area (Å²) in [5, 5.41) is 0. The molecule has 0 aromatic heterocycles. The van der Waals surface area contributed by atoms with E-state index in [2.05, 4.69) is 35.0 Å². The van der Waals surface area contributed by atoms with Gasteiger partial charge in [0.05, 0.1) is 4.47 Å². The monoisotopic (exact) mass is 281 g/mol. The Kier molecular flexibility index (Phi) is 2.30. The number of ether oxygens (including phenoxy) is 1. The lowest BCUT2D eigenvalue weighted by Crippen LogP contribution is -2.43. The fourth-order valence-electron chi connectivity index (χ4n) is 2.62. The number of halogens is 1. The van der Waals surface area contributed by atoms with Crippen molar-refractivity contribution in [2.45, 2.75) is 44.2 Å². The molecular weight excluding hydrogens is 266 g/mol. The molecule has 1 heterocycles. The van der Waals surface area contributed by atoms with Crippen molar-refractivity contribution in [1.29, 1.82) is 0 Å². The average molecular weight is 282 g/mol. The van der Waals surface area contributed by atoms with Gasteiger partial charge in [-0.1, -0.05) is 6.07 Å². The molecule has 2 N–H and O–H groups in total. The standard InChI is InChI=1S/C13H16BrNO/c1-8-5-9-6-10(13(15)3-2-4-13)7-11(14)12(9)16-8/h6-8H,2-5,15H2,1H3. The van der Waals surface area contributed by atoms with Crippen molar-refractivity contribution in [3.8, 4) is 5.75 Å². The van der Waals surface area contributed by atoms with Crippen LogP contribution in [0, 0.1) is 0 Å². The van der Waals surface area contributed by atoms with Crippen LogP contribution in [0.5, 0.6) is 5.75 Å². The highest BCUT2D eigenvalue weighted by Gasteiger charge is 2.36. The van der Waals surface area contributed by atoms with Gasteiger partial charge in [0.25, 0.3) is 0 Å². The maximum atomic E-state index is 6.36. The SMILES string of the molecule is CC1Cc2cc(C3(N)CCC3)cc(Br)c2O1. The van der Waals surface area contributed by atoms with E-state index in [9.17, 15) is 0 Å². The van der Waals surface area contributed by atoms with E-state index in [-0.39, 0.29) is 11.6 Å². The van der Waals surface area contributed by atoms with Gasteiger partial charge in [0.1, 0.15) is 11.9 Å². The quantitative estimate of drug-likeness (QED) is 0.859. The van der Waals surface area contributed by atoms with Crippen molar-refractivity contribution in [3.63, 3.8) is 0 Å². The van der Waals surface area contributed by atoms with Gasteiger partial charge in [-0.3, -0.25) is 0 Å². The van der Waals surface area contributed by atoms with Gasteiger partial charge in [0.15, 0.2) is 0 Å². The summed E-state index contributed by atoms with van der Waals surface area (Å²) in [5.41, 5.74) is 8.85. The summed E-state index contributed by atoms with van der Waals surface area (Å²) in [5.74, 6) is 1.01. The normalized spacial score (nSPS) is 25.8. The number of nitrogens with two attached hydrogens (primary N) is 1. The Morgan fingerprint density at radius 2 is 2.19 bits per heavy atom. The molecule has 3 rings (SSSR count). The molecule has 0 radical (unpaired) electrons. The molecule has 16 heavy (non-hydrogen) atoms. The third-order valence-corrected chi connectivity index (χ3v) is 4.36. The van der Waals surface area contributed by atoms with E-state index in [0.717, 1.165) is 29.5 Å². The zero-order chi connectivity index (χ0) is 11.3. The molecule has 0 saturated heterocycles. The molecule has 1 aromatic carbocycles.